The molecule has 0 unspecified atom stereocenters. The Morgan fingerprint density at radius 1 is 1.17 bits per heavy atom. The van der Waals surface area contributed by atoms with Crippen LogP contribution in [-0.4, -0.2) is 48.6 Å². The summed E-state index contributed by atoms with van der Waals surface area (Å²) in [6.45, 7) is 2.44. The lowest BCUT2D eigenvalue weighted by Gasteiger charge is -2.21. The molecule has 1 aliphatic rings. The summed E-state index contributed by atoms with van der Waals surface area (Å²) in [7, 11) is -3.85. The minimum Gasteiger partial charge on any atom is -0.345 e. The SMILES string of the molecule is Cc1cc(Br)cc(Nc2cc(N3CCc4ccc(S(=O)(=O)N(C)OC(=O)C(F)(F)F)cc43)ncn2)c1. The van der Waals surface area contributed by atoms with Gasteiger partial charge in [0.1, 0.15) is 18.0 Å². The van der Waals surface area contributed by atoms with E-state index in [9.17, 15) is 26.4 Å². The molecule has 0 radical (unpaired) electrons. The molecule has 1 aromatic heterocycles. The number of nitrogens with one attached hydrogen (secondary N) is 1. The Labute approximate surface area is 213 Å². The van der Waals surface area contributed by atoms with E-state index in [2.05, 4.69) is 36.1 Å². The van der Waals surface area contributed by atoms with Crippen LogP contribution in [0.1, 0.15) is 11.1 Å². The van der Waals surface area contributed by atoms with Crippen molar-refractivity contribution in [2.75, 3.05) is 23.8 Å². The van der Waals surface area contributed by atoms with Gasteiger partial charge in [0.25, 0.3) is 10.0 Å². The summed E-state index contributed by atoms with van der Waals surface area (Å²) in [4.78, 5) is 25.1. The highest BCUT2D eigenvalue weighted by Gasteiger charge is 2.44. The molecule has 190 valence electrons. The highest BCUT2D eigenvalue weighted by atomic mass is 79.9. The van der Waals surface area contributed by atoms with Gasteiger partial charge in [0.2, 0.25) is 0 Å². The van der Waals surface area contributed by atoms with E-state index in [0.29, 0.717) is 30.3 Å². The molecule has 0 atom stereocenters. The summed E-state index contributed by atoms with van der Waals surface area (Å²) in [5.41, 5.74) is 3.17. The summed E-state index contributed by atoms with van der Waals surface area (Å²) in [6, 6.07) is 11.6. The molecule has 4 rings (SSSR count). The van der Waals surface area contributed by atoms with Crippen LogP contribution in [0.2, 0.25) is 0 Å². The fourth-order valence-electron chi connectivity index (χ4n) is 3.64. The van der Waals surface area contributed by atoms with Crippen molar-refractivity contribution in [1.82, 2.24) is 14.4 Å². The molecule has 0 saturated heterocycles. The monoisotopic (exact) mass is 585 g/mol. The molecule has 1 N–H and O–H groups in total. The third-order valence-electron chi connectivity index (χ3n) is 5.28. The Balaban J connectivity index is 1.60. The molecule has 0 saturated carbocycles. The Kier molecular flexibility index (Phi) is 6.94. The van der Waals surface area contributed by atoms with Gasteiger partial charge in [-0.2, -0.15) is 13.2 Å². The minimum absolute atomic E-state index is 0.101. The molecule has 9 nitrogen and oxygen atoms in total. The summed E-state index contributed by atoms with van der Waals surface area (Å²) < 4.78 is 63.9. The van der Waals surface area contributed by atoms with Crippen LogP contribution in [0.4, 0.5) is 36.2 Å². The number of rotatable bonds is 6. The van der Waals surface area contributed by atoms with Crippen LogP contribution >= 0.6 is 15.9 Å². The molecule has 1 aliphatic heterocycles. The Hall–Kier alpha value is -3.23. The van der Waals surface area contributed by atoms with E-state index in [1.807, 2.05) is 25.1 Å². The predicted molar refractivity (Wildman–Crippen MR) is 128 cm³/mol. The van der Waals surface area contributed by atoms with Gasteiger partial charge >= 0.3 is 12.1 Å². The number of carbonyl (C=O) groups excluding carboxylic acids is 1. The van der Waals surface area contributed by atoms with Crippen molar-refractivity contribution >= 4 is 54.9 Å². The van der Waals surface area contributed by atoms with Gasteiger partial charge in [0, 0.05) is 35.5 Å². The highest BCUT2D eigenvalue weighted by molar-refractivity contribution is 9.10. The van der Waals surface area contributed by atoms with Gasteiger partial charge in [-0.15, -0.1) is 0 Å². The van der Waals surface area contributed by atoms with Gasteiger partial charge in [-0.3, -0.25) is 0 Å². The number of benzene rings is 2. The standard InChI is InChI=1S/C22H19BrF3N5O4S/c1-13-7-15(23)9-16(8-13)29-19-11-20(28-12-27-19)31-6-5-14-3-4-17(10-18(14)31)36(33,34)30(2)35-21(32)22(24,25)26/h3-4,7-12H,5-6H2,1-2H3,(H,27,28,29). The lowest BCUT2D eigenvalue weighted by Crippen LogP contribution is -2.36. The number of aromatic nitrogens is 2. The number of fused-ring (bicyclic) bond motifs is 1. The summed E-state index contributed by atoms with van der Waals surface area (Å²) in [5, 5.41) is 3.20. The Morgan fingerprint density at radius 3 is 2.61 bits per heavy atom. The molecular weight excluding hydrogens is 567 g/mol. The molecule has 0 bridgehead atoms. The quantitative estimate of drug-likeness (QED) is 0.418. The maximum atomic E-state index is 12.8. The van der Waals surface area contributed by atoms with Crippen molar-refractivity contribution in [3.8, 4) is 0 Å². The van der Waals surface area contributed by atoms with E-state index in [1.165, 1.54) is 18.5 Å². The van der Waals surface area contributed by atoms with Gasteiger partial charge in [-0.25, -0.2) is 23.2 Å². The lowest BCUT2D eigenvalue weighted by molar-refractivity contribution is -0.219. The van der Waals surface area contributed by atoms with Crippen LogP contribution in [0.25, 0.3) is 0 Å². The summed E-state index contributed by atoms with van der Waals surface area (Å²) in [5.74, 6) is -1.64. The number of hydrogen-bond donors (Lipinski definition) is 1. The van der Waals surface area contributed by atoms with Gasteiger partial charge in [-0.05, 0) is 59.3 Å². The third-order valence-corrected chi connectivity index (χ3v) is 7.33. The number of alkyl halides is 3. The molecule has 0 fully saturated rings. The van der Waals surface area contributed by atoms with Crippen molar-refractivity contribution in [1.29, 1.82) is 0 Å². The fourth-order valence-corrected chi connectivity index (χ4v) is 5.21. The number of hydroxylamine groups is 1. The van der Waals surface area contributed by atoms with Crippen molar-refractivity contribution in [3.05, 3.63) is 64.4 Å². The Morgan fingerprint density at radius 2 is 1.92 bits per heavy atom. The second kappa shape index (κ2) is 9.67. The molecule has 2 aromatic carbocycles. The number of hydrogen-bond acceptors (Lipinski definition) is 8. The van der Waals surface area contributed by atoms with E-state index in [0.717, 1.165) is 28.3 Å². The van der Waals surface area contributed by atoms with Crippen molar-refractivity contribution in [2.45, 2.75) is 24.4 Å². The smallest absolute Gasteiger partial charge is 0.345 e. The van der Waals surface area contributed by atoms with Gasteiger partial charge in [-0.1, -0.05) is 22.0 Å². The van der Waals surface area contributed by atoms with E-state index < -0.39 is 22.2 Å². The molecule has 3 aromatic rings. The van der Waals surface area contributed by atoms with Crippen LogP contribution in [0.5, 0.6) is 0 Å². The van der Waals surface area contributed by atoms with Gasteiger partial charge in [0.05, 0.1) is 4.90 Å². The number of halogens is 4. The van der Waals surface area contributed by atoms with Crippen molar-refractivity contribution in [3.63, 3.8) is 0 Å². The summed E-state index contributed by atoms with van der Waals surface area (Å²) in [6.07, 6.45) is -3.39. The van der Waals surface area contributed by atoms with Crippen LogP contribution < -0.4 is 10.2 Å². The van der Waals surface area contributed by atoms with E-state index >= 15 is 0 Å². The largest absolute Gasteiger partial charge is 0.492 e. The highest BCUT2D eigenvalue weighted by Crippen LogP contribution is 2.36. The van der Waals surface area contributed by atoms with Crippen LogP contribution in [-0.2, 0) is 26.1 Å². The van der Waals surface area contributed by atoms with Gasteiger partial charge in [0.15, 0.2) is 0 Å². The van der Waals surface area contributed by atoms with Crippen molar-refractivity contribution in [2.24, 2.45) is 0 Å². The number of sulfonamides is 1. The number of anilines is 4. The van der Waals surface area contributed by atoms with E-state index in [1.54, 1.807) is 17.0 Å². The second-order valence-electron chi connectivity index (χ2n) is 7.89. The zero-order valence-corrected chi connectivity index (χ0v) is 21.3. The van der Waals surface area contributed by atoms with E-state index in [4.69, 9.17) is 0 Å². The fraction of sp³-hybridized carbons (Fsp3) is 0.227. The first kappa shape index (κ1) is 25.9. The average molecular weight is 586 g/mol. The summed E-state index contributed by atoms with van der Waals surface area (Å²) >= 11 is 3.45. The first-order valence-corrected chi connectivity index (χ1v) is 12.6. The molecule has 36 heavy (non-hydrogen) atoms. The van der Waals surface area contributed by atoms with Crippen LogP contribution in [0.3, 0.4) is 0 Å². The van der Waals surface area contributed by atoms with Crippen LogP contribution in [0.15, 0.2) is 58.2 Å². The zero-order chi connectivity index (χ0) is 26.3. The minimum atomic E-state index is -5.34. The molecule has 0 aliphatic carbocycles. The number of carbonyl (C=O) groups is 1. The molecule has 2 heterocycles. The molecule has 0 spiro atoms. The molecule has 14 heteroatoms. The second-order valence-corrected chi connectivity index (χ2v) is 10.7. The number of aryl methyl sites for hydroxylation is 1. The normalized spacial score (nSPS) is 13.6. The number of nitrogens with zero attached hydrogens (tertiary/aromatic N) is 4. The van der Waals surface area contributed by atoms with Crippen LogP contribution in [0, 0.1) is 6.92 Å². The van der Waals surface area contributed by atoms with Crippen molar-refractivity contribution < 1.29 is 31.2 Å². The lowest BCUT2D eigenvalue weighted by atomic mass is 10.2. The topological polar surface area (TPSA) is 105 Å². The molecular formula is C22H19BrF3N5O4S. The first-order chi connectivity index (χ1) is 16.8. The third kappa shape index (κ3) is 5.44. The molecule has 0 amide bonds. The average Bonchev–Trinajstić information content (AvgIpc) is 3.21. The maximum Gasteiger partial charge on any atom is 0.492 e. The Bertz CT molecular complexity index is 1420. The predicted octanol–water partition coefficient (Wildman–Crippen LogP) is 4.63. The van der Waals surface area contributed by atoms with Gasteiger partial charge < -0.3 is 15.1 Å². The first-order valence-electron chi connectivity index (χ1n) is 10.4. The zero-order valence-electron chi connectivity index (χ0n) is 18.9. The maximum absolute atomic E-state index is 12.8. The van der Waals surface area contributed by atoms with E-state index in [-0.39, 0.29) is 9.36 Å².